The Morgan fingerprint density at radius 3 is 2.29 bits per heavy atom. The molecule has 0 amide bonds. The van der Waals surface area contributed by atoms with Gasteiger partial charge in [-0.05, 0) is 6.92 Å². The number of rotatable bonds is 3. The third-order valence-electron chi connectivity index (χ3n) is 0.440. The van der Waals surface area contributed by atoms with E-state index in [0.717, 1.165) is 0 Å². The fourth-order valence-electron chi connectivity index (χ4n) is 0.209. The molecule has 0 aliphatic carbocycles. The molecule has 0 aromatic carbocycles. The van der Waals surface area contributed by atoms with E-state index < -0.39 is 0 Å². The first-order valence-electron chi connectivity index (χ1n) is 2.10. The van der Waals surface area contributed by atoms with Crippen molar-refractivity contribution in [1.29, 1.82) is 0 Å². The highest BCUT2D eigenvalue weighted by molar-refractivity contribution is 5.75. The summed E-state index contributed by atoms with van der Waals surface area (Å²) >= 11 is 0. The van der Waals surface area contributed by atoms with Crippen LogP contribution in [-0.4, -0.2) is 48.0 Å². The third-order valence-corrected chi connectivity index (χ3v) is 0.440. The molecule has 0 radical (unpaired) electrons. The lowest BCUT2D eigenvalue weighted by molar-refractivity contribution is 0.102. The first kappa shape index (κ1) is 10.6. The van der Waals surface area contributed by atoms with Crippen molar-refractivity contribution in [3.05, 3.63) is 0 Å². The summed E-state index contributed by atoms with van der Waals surface area (Å²) in [6, 6.07) is 0. The van der Waals surface area contributed by atoms with Crippen molar-refractivity contribution in [3.63, 3.8) is 0 Å². The molecular weight excluding hydrogens is 104 g/mol. The Balaban J connectivity index is 0. The van der Waals surface area contributed by atoms with E-state index in [2.05, 4.69) is 0 Å². The van der Waals surface area contributed by atoms with Crippen LogP contribution in [0.3, 0.4) is 0 Å². The van der Waals surface area contributed by atoms with Crippen LogP contribution >= 0.6 is 0 Å². The molecule has 2 nitrogen and oxygen atoms in total. The van der Waals surface area contributed by atoms with Crippen LogP contribution in [0.1, 0.15) is 6.92 Å². The topological polar surface area (TPSA) is 29.5 Å². The van der Waals surface area contributed by atoms with Gasteiger partial charge in [0.25, 0.3) is 0 Å². The maximum Gasteiger partial charge on any atom is 0.316 e. The highest BCUT2D eigenvalue weighted by atomic mass is 24.3. The van der Waals surface area contributed by atoms with Crippen LogP contribution in [0.2, 0.25) is 0 Å². The maximum atomic E-state index is 8.07. The molecule has 0 aromatic rings. The van der Waals surface area contributed by atoms with Gasteiger partial charge in [-0.3, -0.25) is 0 Å². The molecule has 7 heavy (non-hydrogen) atoms. The van der Waals surface area contributed by atoms with Gasteiger partial charge >= 0.3 is 23.1 Å². The molecular formula is C4H12MgO2. The van der Waals surface area contributed by atoms with Gasteiger partial charge in [0.15, 0.2) is 0 Å². The summed E-state index contributed by atoms with van der Waals surface area (Å²) in [6.45, 7) is 3.20. The molecule has 0 atom stereocenters. The van der Waals surface area contributed by atoms with E-state index in [-0.39, 0.29) is 29.7 Å². The Labute approximate surface area is 60.0 Å². The van der Waals surface area contributed by atoms with Gasteiger partial charge in [-0.1, -0.05) is 0 Å². The second-order valence-electron chi connectivity index (χ2n) is 0.921. The summed E-state index contributed by atoms with van der Waals surface area (Å²) in [4.78, 5) is 0. The summed E-state index contributed by atoms with van der Waals surface area (Å²) in [6.07, 6.45) is 0. The molecule has 0 saturated carbocycles. The van der Waals surface area contributed by atoms with Crippen LogP contribution < -0.4 is 0 Å². The minimum atomic E-state index is 0. The van der Waals surface area contributed by atoms with Gasteiger partial charge in [0, 0.05) is 6.61 Å². The second kappa shape index (κ2) is 9.84. The predicted molar refractivity (Wildman–Crippen MR) is 32.1 cm³/mol. The molecule has 0 aliphatic rings. The fraction of sp³-hybridized carbons (Fsp3) is 1.00. The fourth-order valence-corrected chi connectivity index (χ4v) is 0.209. The Morgan fingerprint density at radius 1 is 1.57 bits per heavy atom. The molecule has 0 rings (SSSR count). The lowest BCUT2D eigenvalue weighted by atomic mass is 10.8. The minimum absolute atomic E-state index is 0. The van der Waals surface area contributed by atoms with Gasteiger partial charge in [0.1, 0.15) is 0 Å². The zero-order chi connectivity index (χ0) is 4.83. The van der Waals surface area contributed by atoms with Crippen molar-refractivity contribution in [2.24, 2.45) is 0 Å². The lowest BCUT2D eigenvalue weighted by Gasteiger charge is -1.91. The predicted octanol–water partition coefficient (Wildman–Crippen LogP) is -0.901. The molecule has 0 aliphatic heterocycles. The number of hydrogen-bond donors (Lipinski definition) is 1. The van der Waals surface area contributed by atoms with Gasteiger partial charge in [-0.25, -0.2) is 0 Å². The lowest BCUT2D eigenvalue weighted by Crippen LogP contribution is -1.96. The number of aliphatic hydroxyl groups excluding tert-OH is 1. The highest BCUT2D eigenvalue weighted by Gasteiger charge is 1.73. The van der Waals surface area contributed by atoms with Gasteiger partial charge in [-0.15, -0.1) is 0 Å². The number of aliphatic hydroxyl groups is 1. The van der Waals surface area contributed by atoms with Gasteiger partial charge in [-0.2, -0.15) is 0 Å². The van der Waals surface area contributed by atoms with Crippen LogP contribution in [0.4, 0.5) is 0 Å². The Morgan fingerprint density at radius 2 is 2.14 bits per heavy atom. The molecule has 0 saturated heterocycles. The quantitative estimate of drug-likeness (QED) is 0.383. The average Bonchev–Trinajstić information content (AvgIpc) is 1.61. The molecule has 0 bridgehead atoms. The van der Waals surface area contributed by atoms with Crippen LogP contribution in [0, 0.1) is 0 Å². The van der Waals surface area contributed by atoms with Crippen molar-refractivity contribution in [2.75, 3.05) is 19.8 Å². The monoisotopic (exact) mass is 116 g/mol. The Hall–Kier alpha value is 0.686. The second-order valence-corrected chi connectivity index (χ2v) is 0.921. The van der Waals surface area contributed by atoms with Gasteiger partial charge in [0.2, 0.25) is 0 Å². The van der Waals surface area contributed by atoms with Gasteiger partial charge in [0.05, 0.1) is 13.2 Å². The third kappa shape index (κ3) is 10.8. The van der Waals surface area contributed by atoms with Crippen LogP contribution in [0.25, 0.3) is 0 Å². The van der Waals surface area contributed by atoms with Crippen LogP contribution in [-0.2, 0) is 4.74 Å². The van der Waals surface area contributed by atoms with Crippen molar-refractivity contribution >= 4 is 23.1 Å². The Bertz CT molecular complexity index is 21.7. The smallest absolute Gasteiger partial charge is 0.316 e. The van der Waals surface area contributed by atoms with Crippen molar-refractivity contribution in [1.82, 2.24) is 0 Å². The average molecular weight is 116 g/mol. The first-order valence-corrected chi connectivity index (χ1v) is 2.10. The van der Waals surface area contributed by atoms with E-state index in [1.54, 1.807) is 0 Å². The molecule has 42 valence electrons. The van der Waals surface area contributed by atoms with E-state index in [9.17, 15) is 0 Å². The molecule has 1 N–H and O–H groups in total. The highest BCUT2D eigenvalue weighted by Crippen LogP contribution is 1.66. The summed E-state index contributed by atoms with van der Waals surface area (Å²) in [7, 11) is 0. The Kier molecular flexibility index (Phi) is 14.9. The molecule has 0 aromatic heterocycles. The number of ether oxygens (including phenoxy) is 1. The molecule has 0 spiro atoms. The van der Waals surface area contributed by atoms with Crippen LogP contribution in [0.15, 0.2) is 0 Å². The first-order chi connectivity index (χ1) is 2.91. The van der Waals surface area contributed by atoms with Crippen LogP contribution in [0.5, 0.6) is 0 Å². The molecule has 0 heterocycles. The minimum Gasteiger partial charge on any atom is -0.394 e. The van der Waals surface area contributed by atoms with E-state index >= 15 is 0 Å². The zero-order valence-electron chi connectivity index (χ0n) is 3.98. The largest absolute Gasteiger partial charge is 0.394 e. The van der Waals surface area contributed by atoms with Crippen molar-refractivity contribution in [2.45, 2.75) is 6.92 Å². The summed E-state index contributed by atoms with van der Waals surface area (Å²) in [5, 5.41) is 8.07. The summed E-state index contributed by atoms with van der Waals surface area (Å²) in [5.41, 5.74) is 0. The van der Waals surface area contributed by atoms with E-state index in [1.807, 2.05) is 6.92 Å². The van der Waals surface area contributed by atoms with E-state index in [4.69, 9.17) is 9.84 Å². The zero-order valence-corrected chi connectivity index (χ0v) is 3.98. The SMILES string of the molecule is CCOCCO.[MgH2]. The van der Waals surface area contributed by atoms with Crippen molar-refractivity contribution in [3.8, 4) is 0 Å². The normalized spacial score (nSPS) is 7.71. The van der Waals surface area contributed by atoms with E-state index in [1.165, 1.54) is 0 Å². The summed E-state index contributed by atoms with van der Waals surface area (Å²) in [5.74, 6) is 0. The molecule has 0 unspecified atom stereocenters. The molecule has 3 heteroatoms. The molecule has 0 fully saturated rings. The van der Waals surface area contributed by atoms with E-state index in [0.29, 0.717) is 13.2 Å². The van der Waals surface area contributed by atoms with Gasteiger partial charge < -0.3 is 9.84 Å². The standard InChI is InChI=1S/C4H10O2.Mg.2H/c1-2-6-4-3-5;;;/h5H,2-4H2,1H3;;;. The van der Waals surface area contributed by atoms with Crippen molar-refractivity contribution < 1.29 is 9.84 Å². The maximum absolute atomic E-state index is 8.07. The number of hydrogen-bond acceptors (Lipinski definition) is 2. The summed E-state index contributed by atoms with van der Waals surface area (Å²) < 4.78 is 4.73.